The molecule has 0 spiro atoms. The summed E-state index contributed by atoms with van der Waals surface area (Å²) in [7, 11) is 4.44. The molecule has 2 N–H and O–H groups in total. The van der Waals surface area contributed by atoms with Crippen LogP contribution in [0.25, 0.3) is 0 Å². The van der Waals surface area contributed by atoms with Crippen molar-refractivity contribution in [2.24, 2.45) is 0 Å². The summed E-state index contributed by atoms with van der Waals surface area (Å²) in [6, 6.07) is 10.2. The Labute approximate surface area is 192 Å². The highest BCUT2D eigenvalue weighted by molar-refractivity contribution is 7.80. The molecule has 0 bridgehead atoms. The number of carbonyl (C=O) groups excluding carboxylic acids is 2. The van der Waals surface area contributed by atoms with Crippen molar-refractivity contribution >= 4 is 34.8 Å². The summed E-state index contributed by atoms with van der Waals surface area (Å²) in [5, 5.41) is 5.68. The molecule has 32 heavy (non-hydrogen) atoms. The number of para-hydroxylation sites is 1. The molecule has 0 aromatic heterocycles. The summed E-state index contributed by atoms with van der Waals surface area (Å²) >= 11 is 5.33. The van der Waals surface area contributed by atoms with Gasteiger partial charge in [-0.1, -0.05) is 12.1 Å². The van der Waals surface area contributed by atoms with Crippen molar-refractivity contribution in [3.63, 3.8) is 0 Å². The Kier molecular flexibility index (Phi) is 7.88. The molecular weight excluding hydrogens is 430 g/mol. The highest BCUT2D eigenvalue weighted by atomic mass is 32.1. The standard InChI is InChI=1S/C23H27N3O5S/c1-29-18-13-15(14-19(30-2)20(18)31-3)21(27)25-23(32)24-17-10-6-5-9-16(17)22(28)26-11-7-4-8-12-26/h5-6,9-10,13-14H,4,7-8,11-12H2,1-3H3,(H2,24,25,27,32). The smallest absolute Gasteiger partial charge is 0.257 e. The first kappa shape index (κ1) is 23.3. The maximum absolute atomic E-state index is 13.0. The summed E-state index contributed by atoms with van der Waals surface area (Å²) in [5.74, 6) is 0.590. The van der Waals surface area contributed by atoms with Gasteiger partial charge >= 0.3 is 0 Å². The van der Waals surface area contributed by atoms with Crippen LogP contribution in [0.3, 0.4) is 0 Å². The summed E-state index contributed by atoms with van der Waals surface area (Å²) in [4.78, 5) is 27.6. The predicted octanol–water partition coefficient (Wildman–Crippen LogP) is 3.47. The van der Waals surface area contributed by atoms with Gasteiger partial charge in [0, 0.05) is 18.7 Å². The number of benzene rings is 2. The highest BCUT2D eigenvalue weighted by Crippen LogP contribution is 2.38. The fraction of sp³-hybridized carbons (Fsp3) is 0.348. The van der Waals surface area contributed by atoms with Gasteiger partial charge in [-0.05, 0) is 55.7 Å². The Bertz CT molecular complexity index is 980. The molecular formula is C23H27N3O5S. The van der Waals surface area contributed by atoms with Crippen molar-refractivity contribution in [2.45, 2.75) is 19.3 Å². The largest absolute Gasteiger partial charge is 0.493 e. The van der Waals surface area contributed by atoms with Crippen LogP contribution in [0, 0.1) is 0 Å². The number of rotatable bonds is 6. The molecule has 2 amide bonds. The molecule has 0 saturated carbocycles. The lowest BCUT2D eigenvalue weighted by Crippen LogP contribution is -2.37. The number of ether oxygens (including phenoxy) is 3. The number of methoxy groups -OCH3 is 3. The monoisotopic (exact) mass is 457 g/mol. The number of likely N-dealkylation sites (tertiary alicyclic amines) is 1. The van der Waals surface area contributed by atoms with Crippen LogP contribution in [0.1, 0.15) is 40.0 Å². The van der Waals surface area contributed by atoms with Crippen LogP contribution in [0.5, 0.6) is 17.2 Å². The average molecular weight is 458 g/mol. The lowest BCUT2D eigenvalue weighted by molar-refractivity contribution is 0.0725. The van der Waals surface area contributed by atoms with Crippen LogP contribution in [-0.2, 0) is 0 Å². The first-order valence-corrected chi connectivity index (χ1v) is 10.7. The van der Waals surface area contributed by atoms with E-state index in [9.17, 15) is 9.59 Å². The van der Waals surface area contributed by atoms with Crippen molar-refractivity contribution in [2.75, 3.05) is 39.7 Å². The molecule has 3 rings (SSSR count). The van der Waals surface area contributed by atoms with Crippen LogP contribution < -0.4 is 24.8 Å². The van der Waals surface area contributed by atoms with Crippen LogP contribution in [0.15, 0.2) is 36.4 Å². The molecule has 0 unspecified atom stereocenters. The van der Waals surface area contributed by atoms with E-state index in [4.69, 9.17) is 26.4 Å². The zero-order chi connectivity index (χ0) is 23.1. The highest BCUT2D eigenvalue weighted by Gasteiger charge is 2.22. The number of nitrogens with one attached hydrogen (secondary N) is 2. The zero-order valence-electron chi connectivity index (χ0n) is 18.4. The zero-order valence-corrected chi connectivity index (χ0v) is 19.2. The minimum atomic E-state index is -0.457. The Balaban J connectivity index is 1.74. The Morgan fingerprint density at radius 2 is 1.56 bits per heavy atom. The van der Waals surface area contributed by atoms with Crippen molar-refractivity contribution in [3.05, 3.63) is 47.5 Å². The van der Waals surface area contributed by atoms with Crippen molar-refractivity contribution in [3.8, 4) is 17.2 Å². The molecule has 0 radical (unpaired) electrons. The molecule has 1 saturated heterocycles. The van der Waals surface area contributed by atoms with Crippen molar-refractivity contribution in [1.29, 1.82) is 0 Å². The number of carbonyl (C=O) groups is 2. The quantitative estimate of drug-likeness (QED) is 0.642. The summed E-state index contributed by atoms with van der Waals surface area (Å²) in [6.45, 7) is 1.49. The minimum Gasteiger partial charge on any atom is -0.493 e. The Morgan fingerprint density at radius 3 is 2.16 bits per heavy atom. The summed E-state index contributed by atoms with van der Waals surface area (Å²) < 4.78 is 15.9. The lowest BCUT2D eigenvalue weighted by atomic mass is 10.1. The van der Waals surface area contributed by atoms with Gasteiger partial charge in [0.1, 0.15) is 0 Å². The number of hydrogen-bond donors (Lipinski definition) is 2. The van der Waals surface area contributed by atoms with E-state index in [0.717, 1.165) is 32.4 Å². The van der Waals surface area contributed by atoms with E-state index in [1.807, 2.05) is 4.90 Å². The van der Waals surface area contributed by atoms with Crippen molar-refractivity contribution in [1.82, 2.24) is 10.2 Å². The second kappa shape index (κ2) is 10.8. The molecule has 1 aliphatic heterocycles. The molecule has 9 heteroatoms. The number of anilines is 1. The first-order valence-electron chi connectivity index (χ1n) is 10.3. The number of hydrogen-bond acceptors (Lipinski definition) is 6. The molecule has 0 aliphatic carbocycles. The van der Waals surface area contributed by atoms with Gasteiger partial charge in [-0.3, -0.25) is 14.9 Å². The molecule has 0 atom stereocenters. The SMILES string of the molecule is COc1cc(C(=O)NC(=S)Nc2ccccc2C(=O)N2CCCCC2)cc(OC)c1OC. The van der Waals surface area contributed by atoms with Gasteiger partial charge in [0.05, 0.1) is 32.6 Å². The molecule has 170 valence electrons. The second-order valence-corrected chi connectivity index (χ2v) is 7.63. The predicted molar refractivity (Wildman–Crippen MR) is 126 cm³/mol. The minimum absolute atomic E-state index is 0.0495. The van der Waals surface area contributed by atoms with E-state index in [2.05, 4.69) is 10.6 Å². The summed E-state index contributed by atoms with van der Waals surface area (Å²) in [6.07, 6.45) is 3.15. The third-order valence-electron chi connectivity index (χ3n) is 5.20. The fourth-order valence-corrected chi connectivity index (χ4v) is 3.79. The van der Waals surface area contributed by atoms with Gasteiger partial charge in [0.25, 0.3) is 11.8 Å². The first-order chi connectivity index (χ1) is 15.5. The van der Waals surface area contributed by atoms with E-state index in [-0.39, 0.29) is 16.6 Å². The third-order valence-corrected chi connectivity index (χ3v) is 5.41. The number of nitrogens with zero attached hydrogens (tertiary/aromatic N) is 1. The van der Waals surface area contributed by atoms with E-state index in [1.54, 1.807) is 24.3 Å². The molecule has 1 aliphatic rings. The van der Waals surface area contributed by atoms with Crippen LogP contribution in [-0.4, -0.2) is 56.2 Å². The average Bonchev–Trinajstić information content (AvgIpc) is 2.83. The fourth-order valence-electron chi connectivity index (χ4n) is 3.59. The maximum Gasteiger partial charge on any atom is 0.257 e. The van der Waals surface area contributed by atoms with E-state index >= 15 is 0 Å². The lowest BCUT2D eigenvalue weighted by Gasteiger charge is -2.27. The van der Waals surface area contributed by atoms with Crippen LogP contribution in [0.4, 0.5) is 5.69 Å². The van der Waals surface area contributed by atoms with Gasteiger partial charge in [0.15, 0.2) is 16.6 Å². The van der Waals surface area contributed by atoms with Gasteiger partial charge in [-0.25, -0.2) is 0 Å². The maximum atomic E-state index is 13.0. The molecule has 8 nitrogen and oxygen atoms in total. The van der Waals surface area contributed by atoms with E-state index in [1.165, 1.54) is 33.5 Å². The van der Waals surface area contributed by atoms with E-state index in [0.29, 0.717) is 28.5 Å². The van der Waals surface area contributed by atoms with Gasteiger partial charge in [-0.15, -0.1) is 0 Å². The third kappa shape index (κ3) is 5.28. The van der Waals surface area contributed by atoms with E-state index < -0.39 is 5.91 Å². The normalized spacial score (nSPS) is 13.2. The molecule has 1 heterocycles. The van der Waals surface area contributed by atoms with Crippen LogP contribution >= 0.6 is 12.2 Å². The number of piperidine rings is 1. The molecule has 1 fully saturated rings. The van der Waals surface area contributed by atoms with Gasteiger partial charge in [0.2, 0.25) is 5.75 Å². The molecule has 2 aromatic carbocycles. The van der Waals surface area contributed by atoms with Crippen molar-refractivity contribution < 1.29 is 23.8 Å². The molecule has 2 aromatic rings. The second-order valence-electron chi connectivity index (χ2n) is 7.22. The van der Waals surface area contributed by atoms with Gasteiger partial charge < -0.3 is 24.4 Å². The van der Waals surface area contributed by atoms with Gasteiger partial charge in [-0.2, -0.15) is 0 Å². The Hall–Kier alpha value is -3.33. The number of thiocarbonyl (C=S) groups is 1. The summed E-state index contributed by atoms with van der Waals surface area (Å²) in [5.41, 5.74) is 1.33. The number of amides is 2. The topological polar surface area (TPSA) is 89.1 Å². The van der Waals surface area contributed by atoms with Crippen LogP contribution in [0.2, 0.25) is 0 Å². The Morgan fingerprint density at radius 1 is 0.938 bits per heavy atom.